The molecule has 2 aliphatic rings. The fraction of sp³-hybridized carbons (Fsp3) is 0.720. The van der Waals surface area contributed by atoms with Crippen LogP contribution in [-0.4, -0.2) is 109 Å². The Hall–Kier alpha value is -2.08. The number of carbonyl (C=O) groups excluding carboxylic acids is 1. The van der Waals surface area contributed by atoms with Crippen LogP contribution in [0.1, 0.15) is 43.5 Å². The van der Waals surface area contributed by atoms with Crippen molar-refractivity contribution in [2.75, 3.05) is 72.4 Å². The van der Waals surface area contributed by atoms with Crippen LogP contribution in [0.3, 0.4) is 0 Å². The molecule has 0 saturated carbocycles. The third-order valence-electron chi connectivity index (χ3n) is 6.72. The van der Waals surface area contributed by atoms with Gasteiger partial charge in [-0.3, -0.25) is 14.9 Å². The highest BCUT2D eigenvalue weighted by molar-refractivity contribution is 7.99. The molecule has 11 heteroatoms. The molecule has 0 bridgehead atoms. The smallest absolute Gasteiger partial charge is 0.286 e. The SMILES string of the molecule is CCOC(SCC)[C@@H]1CCCN1C(=O)c1cc(OC)c(OCCCN2CCN(C)CC2)cc1[N+](=O)[O-]. The van der Waals surface area contributed by atoms with E-state index in [4.69, 9.17) is 14.2 Å². The van der Waals surface area contributed by atoms with Crippen molar-refractivity contribution in [3.63, 3.8) is 0 Å². The Balaban J connectivity index is 1.73. The van der Waals surface area contributed by atoms with Crippen molar-refractivity contribution in [1.82, 2.24) is 14.7 Å². The average molecular weight is 525 g/mol. The number of nitro groups is 1. The fourth-order valence-corrected chi connectivity index (χ4v) is 5.83. The molecular weight excluding hydrogens is 484 g/mol. The summed E-state index contributed by atoms with van der Waals surface area (Å²) < 4.78 is 17.3. The quantitative estimate of drug-likeness (QED) is 0.167. The lowest BCUT2D eigenvalue weighted by Crippen LogP contribution is -2.44. The maximum Gasteiger partial charge on any atom is 0.286 e. The predicted molar refractivity (Wildman–Crippen MR) is 141 cm³/mol. The number of rotatable bonds is 13. The highest BCUT2D eigenvalue weighted by atomic mass is 32.2. The van der Waals surface area contributed by atoms with Crippen molar-refractivity contribution >= 4 is 23.4 Å². The first kappa shape index (κ1) is 28.5. The number of ether oxygens (including phenoxy) is 3. The van der Waals surface area contributed by atoms with Gasteiger partial charge in [0.05, 0.1) is 30.7 Å². The van der Waals surface area contributed by atoms with Gasteiger partial charge in [0.1, 0.15) is 11.0 Å². The summed E-state index contributed by atoms with van der Waals surface area (Å²) >= 11 is 1.66. The Morgan fingerprint density at radius 2 is 1.94 bits per heavy atom. The third kappa shape index (κ3) is 7.24. The second-order valence-corrected chi connectivity index (χ2v) is 10.5. The van der Waals surface area contributed by atoms with Gasteiger partial charge in [-0.2, -0.15) is 0 Å². The highest BCUT2D eigenvalue weighted by Gasteiger charge is 2.38. The van der Waals surface area contributed by atoms with Crippen LogP contribution in [0.4, 0.5) is 5.69 Å². The minimum Gasteiger partial charge on any atom is -0.493 e. The van der Waals surface area contributed by atoms with E-state index in [0.29, 0.717) is 25.5 Å². The number of methoxy groups -OCH3 is 1. The predicted octanol–water partition coefficient (Wildman–Crippen LogP) is 3.34. The maximum absolute atomic E-state index is 13.6. The first-order chi connectivity index (χ1) is 17.4. The summed E-state index contributed by atoms with van der Waals surface area (Å²) in [6.45, 7) is 10.6. The van der Waals surface area contributed by atoms with Crippen molar-refractivity contribution in [2.45, 2.75) is 44.6 Å². The molecule has 202 valence electrons. The number of carbonyl (C=O) groups is 1. The lowest BCUT2D eigenvalue weighted by Gasteiger charge is -2.32. The van der Waals surface area contributed by atoms with Gasteiger partial charge < -0.3 is 28.9 Å². The van der Waals surface area contributed by atoms with Crippen molar-refractivity contribution in [1.29, 1.82) is 0 Å². The average Bonchev–Trinajstić information content (AvgIpc) is 3.36. The summed E-state index contributed by atoms with van der Waals surface area (Å²) in [5.74, 6) is 1.10. The number of likely N-dealkylation sites (N-methyl/N-ethyl adjacent to an activating group) is 1. The largest absolute Gasteiger partial charge is 0.493 e. The molecule has 2 heterocycles. The van der Waals surface area contributed by atoms with Gasteiger partial charge in [0, 0.05) is 51.9 Å². The molecule has 0 aromatic heterocycles. The van der Waals surface area contributed by atoms with Gasteiger partial charge in [-0.1, -0.05) is 6.92 Å². The fourth-order valence-electron chi connectivity index (χ4n) is 4.77. The van der Waals surface area contributed by atoms with Gasteiger partial charge in [0.2, 0.25) is 0 Å². The summed E-state index contributed by atoms with van der Waals surface area (Å²) in [5, 5.41) is 12.0. The second-order valence-electron chi connectivity index (χ2n) is 9.11. The van der Waals surface area contributed by atoms with Gasteiger partial charge >= 0.3 is 0 Å². The summed E-state index contributed by atoms with van der Waals surface area (Å²) in [6, 6.07) is 2.65. The molecule has 1 amide bonds. The van der Waals surface area contributed by atoms with Crippen molar-refractivity contribution in [2.24, 2.45) is 0 Å². The number of thioether (sulfide) groups is 1. The van der Waals surface area contributed by atoms with Crippen LogP contribution in [0.2, 0.25) is 0 Å². The van der Waals surface area contributed by atoms with Gasteiger partial charge in [0.15, 0.2) is 11.5 Å². The van der Waals surface area contributed by atoms with Gasteiger partial charge in [-0.25, -0.2) is 0 Å². The lowest BCUT2D eigenvalue weighted by molar-refractivity contribution is -0.385. The number of piperazine rings is 1. The zero-order chi connectivity index (χ0) is 26.1. The lowest BCUT2D eigenvalue weighted by atomic mass is 10.1. The minimum absolute atomic E-state index is 0.0188. The van der Waals surface area contributed by atoms with Gasteiger partial charge in [0.25, 0.3) is 11.6 Å². The minimum atomic E-state index is -0.518. The summed E-state index contributed by atoms with van der Waals surface area (Å²) in [5.41, 5.74) is -0.405. The highest BCUT2D eigenvalue weighted by Crippen LogP contribution is 2.37. The molecule has 0 spiro atoms. The van der Waals surface area contributed by atoms with E-state index >= 15 is 0 Å². The third-order valence-corrected chi connectivity index (χ3v) is 7.83. The molecule has 1 aromatic rings. The maximum atomic E-state index is 13.6. The normalized spacial score (nSPS) is 19.9. The van der Waals surface area contributed by atoms with E-state index in [1.54, 1.807) is 16.7 Å². The Morgan fingerprint density at radius 1 is 1.19 bits per heavy atom. The summed E-state index contributed by atoms with van der Waals surface area (Å²) in [6.07, 6.45) is 2.44. The Kier molecular flexibility index (Phi) is 11.1. The molecule has 2 atom stereocenters. The zero-order valence-corrected chi connectivity index (χ0v) is 22.8. The first-order valence-electron chi connectivity index (χ1n) is 12.8. The number of nitro benzene ring substituents is 1. The molecule has 2 saturated heterocycles. The van der Waals surface area contributed by atoms with Crippen LogP contribution in [0, 0.1) is 10.1 Å². The van der Waals surface area contributed by atoms with E-state index in [9.17, 15) is 14.9 Å². The molecular formula is C25H40N4O6S. The number of benzene rings is 1. The number of hydrogen-bond donors (Lipinski definition) is 0. The summed E-state index contributed by atoms with van der Waals surface area (Å²) in [4.78, 5) is 31.5. The molecule has 1 aromatic carbocycles. The molecule has 10 nitrogen and oxygen atoms in total. The first-order valence-corrected chi connectivity index (χ1v) is 13.9. The molecule has 0 radical (unpaired) electrons. The zero-order valence-electron chi connectivity index (χ0n) is 21.9. The molecule has 36 heavy (non-hydrogen) atoms. The van der Waals surface area contributed by atoms with Crippen molar-refractivity contribution in [3.8, 4) is 11.5 Å². The van der Waals surface area contributed by atoms with E-state index in [2.05, 4.69) is 23.8 Å². The number of nitrogens with zero attached hydrogens (tertiary/aromatic N) is 4. The molecule has 3 rings (SSSR count). The van der Waals surface area contributed by atoms with Crippen LogP contribution in [-0.2, 0) is 4.74 Å². The molecule has 0 aliphatic carbocycles. The topological polar surface area (TPSA) is 97.6 Å². The number of hydrogen-bond acceptors (Lipinski definition) is 9. The Labute approximate surface area is 218 Å². The molecule has 1 unspecified atom stereocenters. The standard InChI is InChI=1S/C25H40N4O6S/c1-5-34-25(36-6-2)20-9-7-11-28(20)24(30)19-17-22(33-4)23(18-21(19)29(31)32)35-16-8-10-27-14-12-26(3)13-15-27/h17-18,20,25H,5-16H2,1-4H3/t20-,25?/m0/s1. The van der Waals surface area contributed by atoms with E-state index in [0.717, 1.165) is 57.7 Å². The van der Waals surface area contributed by atoms with E-state index < -0.39 is 4.92 Å². The van der Waals surface area contributed by atoms with Crippen molar-refractivity contribution in [3.05, 3.63) is 27.8 Å². The van der Waals surface area contributed by atoms with Gasteiger partial charge in [-0.15, -0.1) is 11.8 Å². The van der Waals surface area contributed by atoms with E-state index in [1.807, 2.05) is 6.92 Å². The molecule has 2 aliphatic heterocycles. The van der Waals surface area contributed by atoms with Crippen LogP contribution >= 0.6 is 11.8 Å². The van der Waals surface area contributed by atoms with Crippen LogP contribution in [0.15, 0.2) is 12.1 Å². The van der Waals surface area contributed by atoms with Crippen LogP contribution < -0.4 is 9.47 Å². The second kappa shape index (κ2) is 14.0. The van der Waals surface area contributed by atoms with Crippen molar-refractivity contribution < 1.29 is 23.9 Å². The monoisotopic (exact) mass is 524 g/mol. The summed E-state index contributed by atoms with van der Waals surface area (Å²) in [7, 11) is 3.60. The number of likely N-dealkylation sites (tertiary alicyclic amines) is 1. The van der Waals surface area contributed by atoms with Crippen LogP contribution in [0.25, 0.3) is 0 Å². The number of amides is 1. The van der Waals surface area contributed by atoms with Crippen LogP contribution in [0.5, 0.6) is 11.5 Å². The molecule has 0 N–H and O–H groups in total. The van der Waals surface area contributed by atoms with E-state index in [1.165, 1.54) is 19.2 Å². The Morgan fingerprint density at radius 3 is 2.58 bits per heavy atom. The van der Waals surface area contributed by atoms with Gasteiger partial charge in [-0.05, 0) is 39.0 Å². The van der Waals surface area contributed by atoms with E-state index in [-0.39, 0.29) is 34.4 Å². The molecule has 2 fully saturated rings. The Bertz CT molecular complexity index is 874.